The molecule has 17 nitrogen and oxygen atoms in total. The van der Waals surface area contributed by atoms with Gasteiger partial charge in [-0.2, -0.15) is 0 Å². The van der Waals surface area contributed by atoms with Gasteiger partial charge in [-0.3, -0.25) is 37.3 Å². The Hall–Kier alpha value is -1.94. The van der Waals surface area contributed by atoms with Crippen LogP contribution < -0.4 is 0 Å². The number of carbonyl (C=O) groups excluding carboxylic acids is 4. The van der Waals surface area contributed by atoms with E-state index in [1.165, 1.54) is 173 Å². The molecule has 558 valence electrons. The number of esters is 4. The Morgan fingerprint density at radius 3 is 0.755 bits per heavy atom. The Morgan fingerprint density at radius 1 is 0.298 bits per heavy atom. The standard InChI is InChI=1S/C75H146O17P2/c1-9-67(7)53-45-37-27-23-19-17-15-13-11-12-14-16-18-20-26-30-41-49-57-74(79)91-70(61-85-72(77)55-47-39-29-25-22-21-24-28-38-46-54-68(8)10-2)63-89-93(81,82)87-59-69(76)60-88-94(83,84)90-64-71(92-75(80)58-50-42-34-32-36-44-52-66(5)6)62-86-73(78)56-48-40-33-31-35-43-51-65(3)4/h65-71,76H,9-64H2,1-8H3,(H,81,82)(H,83,84)/t67?,68?,69-,70-,71-/m1/s1. The van der Waals surface area contributed by atoms with Gasteiger partial charge in [0.05, 0.1) is 26.4 Å². The molecule has 4 unspecified atom stereocenters. The van der Waals surface area contributed by atoms with Gasteiger partial charge in [-0.25, -0.2) is 9.13 Å². The van der Waals surface area contributed by atoms with E-state index in [0.717, 1.165) is 108 Å². The summed E-state index contributed by atoms with van der Waals surface area (Å²) in [4.78, 5) is 72.6. The summed E-state index contributed by atoms with van der Waals surface area (Å²) in [5.74, 6) is 0.899. The van der Waals surface area contributed by atoms with E-state index in [2.05, 4.69) is 55.4 Å². The minimum Gasteiger partial charge on any atom is -0.462 e. The van der Waals surface area contributed by atoms with Crippen LogP contribution in [-0.2, 0) is 65.4 Å². The second kappa shape index (κ2) is 64.4. The van der Waals surface area contributed by atoms with E-state index in [-0.39, 0.29) is 25.7 Å². The van der Waals surface area contributed by atoms with Crippen LogP contribution in [-0.4, -0.2) is 96.7 Å². The first kappa shape index (κ1) is 92.1. The van der Waals surface area contributed by atoms with E-state index in [0.29, 0.717) is 37.5 Å². The van der Waals surface area contributed by atoms with Crippen LogP contribution in [0.25, 0.3) is 0 Å². The molecule has 0 bridgehead atoms. The van der Waals surface area contributed by atoms with Crippen molar-refractivity contribution in [3.8, 4) is 0 Å². The summed E-state index contributed by atoms with van der Waals surface area (Å²) in [6.07, 6.45) is 49.0. The molecule has 0 aliphatic rings. The van der Waals surface area contributed by atoms with Gasteiger partial charge >= 0.3 is 39.5 Å². The molecule has 0 spiro atoms. The highest BCUT2D eigenvalue weighted by Crippen LogP contribution is 2.45. The van der Waals surface area contributed by atoms with Crippen molar-refractivity contribution in [3.05, 3.63) is 0 Å². The lowest BCUT2D eigenvalue weighted by molar-refractivity contribution is -0.161. The molecule has 0 saturated carbocycles. The quantitative estimate of drug-likeness (QED) is 0.0222. The highest BCUT2D eigenvalue weighted by atomic mass is 31.2. The van der Waals surface area contributed by atoms with E-state index in [1.54, 1.807) is 0 Å². The van der Waals surface area contributed by atoms with Crippen molar-refractivity contribution in [2.45, 2.75) is 395 Å². The fourth-order valence-electron chi connectivity index (χ4n) is 11.3. The van der Waals surface area contributed by atoms with Gasteiger partial charge in [0.2, 0.25) is 0 Å². The van der Waals surface area contributed by atoms with Gasteiger partial charge in [0.25, 0.3) is 0 Å². The number of aliphatic hydroxyl groups excluding tert-OH is 1. The predicted molar refractivity (Wildman–Crippen MR) is 381 cm³/mol. The maximum atomic E-state index is 13.1. The number of hydrogen-bond acceptors (Lipinski definition) is 15. The zero-order chi connectivity index (χ0) is 69.6. The molecule has 94 heavy (non-hydrogen) atoms. The molecule has 0 amide bonds. The average Bonchev–Trinajstić information content (AvgIpc) is 1.97. The first-order chi connectivity index (χ1) is 45.2. The highest BCUT2D eigenvalue weighted by molar-refractivity contribution is 7.47. The van der Waals surface area contributed by atoms with Crippen molar-refractivity contribution in [3.63, 3.8) is 0 Å². The summed E-state index contributed by atoms with van der Waals surface area (Å²) >= 11 is 0. The Labute approximate surface area is 575 Å². The molecule has 0 aliphatic heterocycles. The van der Waals surface area contributed by atoms with Crippen LogP contribution in [0.1, 0.15) is 376 Å². The summed E-state index contributed by atoms with van der Waals surface area (Å²) in [6, 6.07) is 0. The van der Waals surface area contributed by atoms with Crippen LogP contribution in [0.5, 0.6) is 0 Å². The zero-order valence-electron chi connectivity index (χ0n) is 61.6. The number of rotatable bonds is 72. The first-order valence-corrected chi connectivity index (χ1v) is 41.8. The molecule has 3 N–H and O–H groups in total. The number of unbranched alkanes of at least 4 members (excludes halogenated alkanes) is 36. The number of carbonyl (C=O) groups is 4. The van der Waals surface area contributed by atoms with Gasteiger partial charge in [-0.05, 0) is 49.4 Å². The first-order valence-electron chi connectivity index (χ1n) is 38.8. The second-order valence-corrected chi connectivity index (χ2v) is 31.4. The molecule has 0 aromatic rings. The van der Waals surface area contributed by atoms with E-state index in [1.807, 2.05) is 0 Å². The van der Waals surface area contributed by atoms with Crippen LogP contribution in [0.2, 0.25) is 0 Å². The van der Waals surface area contributed by atoms with E-state index in [4.69, 9.17) is 37.0 Å². The number of phosphoric acid groups is 2. The van der Waals surface area contributed by atoms with Crippen molar-refractivity contribution in [2.75, 3.05) is 39.6 Å². The van der Waals surface area contributed by atoms with Crippen molar-refractivity contribution in [1.82, 2.24) is 0 Å². The Bertz CT molecular complexity index is 1850. The van der Waals surface area contributed by atoms with Crippen LogP contribution in [0, 0.1) is 23.7 Å². The molecule has 0 aromatic heterocycles. The summed E-state index contributed by atoms with van der Waals surface area (Å²) in [5.41, 5.74) is 0. The highest BCUT2D eigenvalue weighted by Gasteiger charge is 2.30. The largest absolute Gasteiger partial charge is 0.472 e. The third kappa shape index (κ3) is 66.0. The van der Waals surface area contributed by atoms with Crippen LogP contribution in [0.3, 0.4) is 0 Å². The minimum atomic E-state index is -4.96. The minimum absolute atomic E-state index is 0.101. The number of aliphatic hydroxyl groups is 1. The molecule has 0 fully saturated rings. The number of ether oxygens (including phenoxy) is 4. The van der Waals surface area contributed by atoms with Gasteiger partial charge in [0.1, 0.15) is 19.3 Å². The Kier molecular flexibility index (Phi) is 63.1. The normalized spacial score (nSPS) is 14.7. The number of hydrogen-bond donors (Lipinski definition) is 3. The fraction of sp³-hybridized carbons (Fsp3) is 0.947. The summed E-state index contributed by atoms with van der Waals surface area (Å²) in [7, 11) is -9.91. The maximum absolute atomic E-state index is 13.1. The van der Waals surface area contributed by atoms with Crippen LogP contribution in [0.4, 0.5) is 0 Å². The lowest BCUT2D eigenvalue weighted by Crippen LogP contribution is -2.30. The van der Waals surface area contributed by atoms with Gasteiger partial charge in [-0.1, -0.05) is 325 Å². The summed E-state index contributed by atoms with van der Waals surface area (Å²) < 4.78 is 68.3. The molecular formula is C75H146O17P2. The molecule has 0 aliphatic carbocycles. The second-order valence-electron chi connectivity index (χ2n) is 28.5. The zero-order valence-corrected chi connectivity index (χ0v) is 63.4. The molecule has 0 saturated heterocycles. The van der Waals surface area contributed by atoms with Crippen molar-refractivity contribution in [1.29, 1.82) is 0 Å². The van der Waals surface area contributed by atoms with Gasteiger partial charge < -0.3 is 33.8 Å². The SMILES string of the molecule is CCC(C)CCCCCCCCCCCCCCCCCCCCC(=O)O[C@H](COC(=O)CCCCCCCCCCCCC(C)CC)COP(=O)(O)OC[C@@H](O)COP(=O)(O)OC[C@@H](COC(=O)CCCCCCCCC(C)C)OC(=O)CCCCCCCCC(C)C. The molecular weight excluding hydrogens is 1230 g/mol. The van der Waals surface area contributed by atoms with Crippen LogP contribution in [0.15, 0.2) is 0 Å². The third-order valence-corrected chi connectivity index (χ3v) is 19.9. The van der Waals surface area contributed by atoms with Gasteiger partial charge in [0.15, 0.2) is 12.2 Å². The fourth-order valence-corrected chi connectivity index (χ4v) is 12.9. The van der Waals surface area contributed by atoms with Gasteiger partial charge in [0, 0.05) is 25.7 Å². The molecule has 0 aromatic carbocycles. The summed E-state index contributed by atoms with van der Waals surface area (Å²) in [5, 5.41) is 10.6. The van der Waals surface area contributed by atoms with E-state index < -0.39 is 97.5 Å². The summed E-state index contributed by atoms with van der Waals surface area (Å²) in [6.45, 7) is 14.1. The molecule has 19 heteroatoms. The van der Waals surface area contributed by atoms with E-state index in [9.17, 15) is 43.2 Å². The Morgan fingerprint density at radius 2 is 0.511 bits per heavy atom. The third-order valence-electron chi connectivity index (χ3n) is 18.0. The smallest absolute Gasteiger partial charge is 0.462 e. The topological polar surface area (TPSA) is 237 Å². The monoisotopic (exact) mass is 1380 g/mol. The predicted octanol–water partition coefficient (Wildman–Crippen LogP) is 21.7. The Balaban J connectivity index is 5.17. The maximum Gasteiger partial charge on any atom is 0.472 e. The average molecular weight is 1380 g/mol. The molecule has 0 radical (unpaired) electrons. The van der Waals surface area contributed by atoms with Crippen molar-refractivity contribution >= 4 is 39.5 Å². The van der Waals surface area contributed by atoms with Crippen molar-refractivity contribution in [2.24, 2.45) is 23.7 Å². The molecule has 0 heterocycles. The number of phosphoric ester groups is 2. The van der Waals surface area contributed by atoms with Crippen molar-refractivity contribution < 1.29 is 80.2 Å². The molecule has 0 rings (SSSR count). The van der Waals surface area contributed by atoms with Gasteiger partial charge in [-0.15, -0.1) is 0 Å². The lowest BCUT2D eigenvalue weighted by atomic mass is 9.99. The van der Waals surface area contributed by atoms with Crippen LogP contribution >= 0.6 is 15.6 Å². The van der Waals surface area contributed by atoms with E-state index >= 15 is 0 Å². The molecule has 7 atom stereocenters. The lowest BCUT2D eigenvalue weighted by Gasteiger charge is -2.21.